The highest BCUT2D eigenvalue weighted by molar-refractivity contribution is 5.80. The maximum absolute atomic E-state index is 12.5. The molecular formula is C24H31N3O4. The minimum Gasteiger partial charge on any atom is -0.481 e. The normalized spacial score (nSPS) is 13.7. The molecule has 0 amide bonds. The van der Waals surface area contributed by atoms with E-state index in [1.54, 1.807) is 18.3 Å². The van der Waals surface area contributed by atoms with Crippen molar-refractivity contribution in [2.45, 2.75) is 64.2 Å². The molecule has 7 nitrogen and oxygen atoms in total. The first-order chi connectivity index (χ1) is 15.0. The smallest absolute Gasteiger partial charge is 0.303 e. The summed E-state index contributed by atoms with van der Waals surface area (Å²) in [4.78, 5) is 32.7. The van der Waals surface area contributed by atoms with Crippen LogP contribution in [0.4, 0.5) is 5.82 Å². The minimum atomic E-state index is -0.918. The summed E-state index contributed by atoms with van der Waals surface area (Å²) in [5.74, 6) is 0.290. The Kier molecular flexibility index (Phi) is 8.38. The number of hydrogen-bond donors (Lipinski definition) is 2. The highest BCUT2D eigenvalue weighted by Gasteiger charge is 2.20. The van der Waals surface area contributed by atoms with E-state index in [2.05, 4.69) is 22.4 Å². The number of Topliss-reactive ketones (excluding diaryl/α,β-unsaturated/α-hetero) is 1. The van der Waals surface area contributed by atoms with Gasteiger partial charge in [0.2, 0.25) is 5.88 Å². The van der Waals surface area contributed by atoms with Crippen LogP contribution in [0.3, 0.4) is 0 Å². The largest absolute Gasteiger partial charge is 0.481 e. The second-order valence-electron chi connectivity index (χ2n) is 7.95. The van der Waals surface area contributed by atoms with Gasteiger partial charge in [-0.15, -0.1) is 0 Å². The molecule has 31 heavy (non-hydrogen) atoms. The molecule has 7 heteroatoms. The summed E-state index contributed by atoms with van der Waals surface area (Å²) < 4.78 is 5.33. The number of carbonyl (C=O) groups is 2. The molecule has 1 aliphatic rings. The number of nitrogens with one attached hydrogen (secondary N) is 1. The zero-order valence-electron chi connectivity index (χ0n) is 18.1. The van der Waals surface area contributed by atoms with Gasteiger partial charge in [-0.2, -0.15) is 0 Å². The molecule has 0 saturated heterocycles. The Bertz CT molecular complexity index is 883. The Hall–Kier alpha value is -2.96. The Balaban J connectivity index is 1.47. The molecule has 0 saturated carbocycles. The molecule has 0 bridgehead atoms. The third-order valence-corrected chi connectivity index (χ3v) is 5.51. The molecular weight excluding hydrogens is 394 g/mol. The summed E-state index contributed by atoms with van der Waals surface area (Å²) in [7, 11) is 0. The third-order valence-electron chi connectivity index (χ3n) is 5.51. The minimum absolute atomic E-state index is 0.0835. The van der Waals surface area contributed by atoms with Crippen LogP contribution in [0.2, 0.25) is 0 Å². The topological polar surface area (TPSA) is 101 Å². The highest BCUT2D eigenvalue weighted by Crippen LogP contribution is 2.26. The first-order valence-corrected chi connectivity index (χ1v) is 11.1. The monoisotopic (exact) mass is 425 g/mol. The molecule has 0 spiro atoms. The quantitative estimate of drug-likeness (QED) is 0.492. The molecule has 0 aromatic carbocycles. The molecule has 2 aromatic heterocycles. The lowest BCUT2D eigenvalue weighted by Gasteiger charge is -2.17. The molecule has 2 N–H and O–H groups in total. The zero-order chi connectivity index (χ0) is 22.1. The summed E-state index contributed by atoms with van der Waals surface area (Å²) in [5.41, 5.74) is 3.08. The van der Waals surface area contributed by atoms with Gasteiger partial charge in [-0.1, -0.05) is 12.1 Å². The van der Waals surface area contributed by atoms with Gasteiger partial charge >= 0.3 is 5.97 Å². The molecule has 0 radical (unpaired) electrons. The van der Waals surface area contributed by atoms with E-state index >= 15 is 0 Å². The van der Waals surface area contributed by atoms with Gasteiger partial charge in [-0.05, 0) is 56.2 Å². The fraction of sp³-hybridized carbons (Fsp3) is 0.500. The number of aryl methyl sites for hydroxylation is 2. The molecule has 1 unspecified atom stereocenters. The highest BCUT2D eigenvalue weighted by atomic mass is 16.5. The van der Waals surface area contributed by atoms with E-state index in [-0.39, 0.29) is 24.5 Å². The number of nitrogens with zero attached hydrogens (tertiary/aromatic N) is 2. The van der Waals surface area contributed by atoms with Gasteiger partial charge in [0, 0.05) is 43.3 Å². The van der Waals surface area contributed by atoms with E-state index in [9.17, 15) is 14.7 Å². The summed E-state index contributed by atoms with van der Waals surface area (Å²) >= 11 is 0. The fourth-order valence-corrected chi connectivity index (χ4v) is 3.90. The number of carboxylic acid groups (broad SMARTS) is 1. The average molecular weight is 426 g/mol. The molecule has 3 rings (SSSR count). The van der Waals surface area contributed by atoms with Gasteiger partial charge in [0.1, 0.15) is 11.6 Å². The van der Waals surface area contributed by atoms with Crippen LogP contribution in [0.1, 0.15) is 68.2 Å². The number of unbranched alkanes of at least 4 members (excludes halogenated alkanes) is 1. The average Bonchev–Trinajstić information content (AvgIpc) is 2.76. The predicted molar refractivity (Wildman–Crippen MR) is 119 cm³/mol. The van der Waals surface area contributed by atoms with Crippen molar-refractivity contribution in [3.8, 4) is 5.88 Å². The molecule has 0 fully saturated rings. The lowest BCUT2D eigenvalue weighted by Crippen LogP contribution is -2.14. The van der Waals surface area contributed by atoms with Crippen molar-refractivity contribution in [2.75, 3.05) is 18.5 Å². The van der Waals surface area contributed by atoms with Gasteiger partial charge in [0.05, 0.1) is 13.0 Å². The Morgan fingerprint density at radius 1 is 1.19 bits per heavy atom. The number of hydrogen-bond acceptors (Lipinski definition) is 6. The van der Waals surface area contributed by atoms with Crippen LogP contribution in [-0.4, -0.2) is 40.0 Å². The first kappa shape index (κ1) is 22.7. The number of anilines is 1. The fourth-order valence-electron chi connectivity index (χ4n) is 3.90. The third kappa shape index (κ3) is 7.05. The molecule has 3 heterocycles. The molecule has 1 aliphatic heterocycles. The van der Waals surface area contributed by atoms with Crippen LogP contribution in [0, 0.1) is 0 Å². The van der Waals surface area contributed by atoms with Gasteiger partial charge < -0.3 is 15.2 Å². The maximum atomic E-state index is 12.5. The van der Waals surface area contributed by atoms with Crippen molar-refractivity contribution < 1.29 is 19.4 Å². The van der Waals surface area contributed by atoms with Crippen LogP contribution in [0.25, 0.3) is 0 Å². The van der Waals surface area contributed by atoms with Gasteiger partial charge in [-0.25, -0.2) is 9.97 Å². The molecule has 1 atom stereocenters. The Labute approximate surface area is 183 Å². The summed E-state index contributed by atoms with van der Waals surface area (Å²) in [5, 5.41) is 12.6. The lowest BCUT2D eigenvalue weighted by atomic mass is 9.90. The SMILES string of the molecule is CCOc1ccc(C(CC(=O)O)CC(=O)CCCCc2ccc3c(n2)NCCC3)cn1. The summed E-state index contributed by atoms with van der Waals surface area (Å²) in [6.45, 7) is 3.36. The van der Waals surface area contributed by atoms with Crippen molar-refractivity contribution in [2.24, 2.45) is 0 Å². The first-order valence-electron chi connectivity index (χ1n) is 11.1. The molecule has 2 aromatic rings. The van der Waals surface area contributed by atoms with E-state index in [1.165, 1.54) is 5.56 Å². The number of carbonyl (C=O) groups excluding carboxylic acids is 1. The van der Waals surface area contributed by atoms with E-state index in [4.69, 9.17) is 9.72 Å². The van der Waals surface area contributed by atoms with Crippen LogP contribution in [0.15, 0.2) is 30.5 Å². The second kappa shape index (κ2) is 11.4. The van der Waals surface area contributed by atoms with Crippen molar-refractivity contribution in [3.63, 3.8) is 0 Å². The van der Waals surface area contributed by atoms with E-state index in [1.807, 2.05) is 6.92 Å². The van der Waals surface area contributed by atoms with Crippen molar-refractivity contribution >= 4 is 17.6 Å². The van der Waals surface area contributed by atoms with Gasteiger partial charge in [0.15, 0.2) is 0 Å². The number of carboxylic acids is 1. The van der Waals surface area contributed by atoms with Crippen LogP contribution < -0.4 is 10.1 Å². The second-order valence-corrected chi connectivity index (χ2v) is 7.95. The molecule has 166 valence electrons. The number of ether oxygens (including phenoxy) is 1. The number of pyridine rings is 2. The Morgan fingerprint density at radius 3 is 2.81 bits per heavy atom. The Morgan fingerprint density at radius 2 is 2.06 bits per heavy atom. The predicted octanol–water partition coefficient (Wildman–Crippen LogP) is 4.16. The van der Waals surface area contributed by atoms with Gasteiger partial charge in [0.25, 0.3) is 0 Å². The molecule has 0 aliphatic carbocycles. The van der Waals surface area contributed by atoms with E-state index in [0.29, 0.717) is 18.9 Å². The number of fused-ring (bicyclic) bond motifs is 1. The number of aliphatic carboxylic acids is 1. The number of ketones is 1. The van der Waals surface area contributed by atoms with Crippen LogP contribution >= 0.6 is 0 Å². The van der Waals surface area contributed by atoms with Crippen molar-refractivity contribution in [1.29, 1.82) is 0 Å². The lowest BCUT2D eigenvalue weighted by molar-refractivity contribution is -0.137. The van der Waals surface area contributed by atoms with E-state index < -0.39 is 5.97 Å². The van der Waals surface area contributed by atoms with Crippen molar-refractivity contribution in [3.05, 3.63) is 47.3 Å². The number of rotatable bonds is 12. The summed E-state index contributed by atoms with van der Waals surface area (Å²) in [6.07, 6.45) is 6.89. The number of aromatic nitrogens is 2. The standard InChI is InChI=1S/C24H31N3O4/c1-2-31-22-12-10-18(16-26-22)19(15-23(29)30)14-21(28)8-4-3-7-20-11-9-17-6-5-13-25-24(17)27-20/h9-12,16,19H,2-8,13-15H2,1H3,(H,25,27)(H,29,30). The van der Waals surface area contributed by atoms with Crippen molar-refractivity contribution in [1.82, 2.24) is 9.97 Å². The van der Waals surface area contributed by atoms with Crippen LogP contribution in [-0.2, 0) is 22.4 Å². The zero-order valence-corrected chi connectivity index (χ0v) is 18.1. The van der Waals surface area contributed by atoms with E-state index in [0.717, 1.165) is 55.7 Å². The maximum Gasteiger partial charge on any atom is 0.303 e. The summed E-state index contributed by atoms with van der Waals surface area (Å²) in [6, 6.07) is 7.75. The van der Waals surface area contributed by atoms with Crippen LogP contribution in [0.5, 0.6) is 5.88 Å². The van der Waals surface area contributed by atoms with Gasteiger partial charge in [-0.3, -0.25) is 9.59 Å².